The van der Waals surface area contributed by atoms with Gasteiger partial charge in [0.25, 0.3) is 0 Å². The molecule has 2 atom stereocenters. The Bertz CT molecular complexity index is 1080. The molecular weight excluding hydrogens is 366 g/mol. The summed E-state index contributed by atoms with van der Waals surface area (Å²) in [5, 5.41) is 0. The van der Waals surface area contributed by atoms with Gasteiger partial charge in [-0.25, -0.2) is 4.98 Å². The van der Waals surface area contributed by atoms with Crippen LogP contribution in [0.5, 0.6) is 0 Å². The van der Waals surface area contributed by atoms with E-state index in [0.29, 0.717) is 18.1 Å². The average molecular weight is 394 g/mol. The molecule has 3 heterocycles. The molecule has 2 unspecified atom stereocenters. The molecule has 5 heteroatoms. The number of benzene rings is 2. The van der Waals surface area contributed by atoms with Crippen molar-refractivity contribution < 1.29 is 0 Å². The van der Waals surface area contributed by atoms with Crippen molar-refractivity contribution in [3.8, 4) is 10.6 Å². The van der Waals surface area contributed by atoms with E-state index in [1.165, 1.54) is 18.5 Å². The quantitative estimate of drug-likeness (QED) is 0.603. The Morgan fingerprint density at radius 2 is 1.82 bits per heavy atom. The van der Waals surface area contributed by atoms with Crippen LogP contribution in [0, 0.1) is 13.8 Å². The third kappa shape index (κ3) is 2.75. The molecule has 1 aliphatic carbocycles. The number of nitrogens with zero attached hydrogens (tertiary/aromatic N) is 3. The number of hydrogen-bond donors (Lipinski definition) is 0. The lowest BCUT2D eigenvalue weighted by Gasteiger charge is -2.44. The fourth-order valence-corrected chi connectivity index (χ4v) is 6.31. The lowest BCUT2D eigenvalue weighted by Crippen LogP contribution is -2.56. The van der Waals surface area contributed by atoms with E-state index < -0.39 is 0 Å². The van der Waals surface area contributed by atoms with Crippen LogP contribution in [0.25, 0.3) is 20.8 Å². The summed E-state index contributed by atoms with van der Waals surface area (Å²) in [6.07, 6.45) is 2.62. The van der Waals surface area contributed by atoms with Crippen LogP contribution in [0.1, 0.15) is 37.8 Å². The predicted molar refractivity (Wildman–Crippen MR) is 118 cm³/mol. The van der Waals surface area contributed by atoms with Crippen molar-refractivity contribution in [3.63, 3.8) is 0 Å². The predicted octanol–water partition coefficient (Wildman–Crippen LogP) is 4.44. The Morgan fingerprint density at radius 1 is 1.11 bits per heavy atom. The van der Waals surface area contributed by atoms with Crippen molar-refractivity contribution >= 4 is 27.2 Å². The van der Waals surface area contributed by atoms with E-state index in [9.17, 15) is 4.79 Å². The molecule has 5 rings (SSSR count). The first-order chi connectivity index (χ1) is 13.4. The maximum absolute atomic E-state index is 12.4. The van der Waals surface area contributed by atoms with Gasteiger partial charge >= 0.3 is 0 Å². The van der Waals surface area contributed by atoms with E-state index >= 15 is 0 Å². The molecule has 2 saturated heterocycles. The van der Waals surface area contributed by atoms with E-state index in [0.717, 1.165) is 45.0 Å². The van der Waals surface area contributed by atoms with Gasteiger partial charge < -0.3 is 4.90 Å². The van der Waals surface area contributed by atoms with Crippen LogP contribution < -0.4 is 10.3 Å². The van der Waals surface area contributed by atoms with E-state index in [2.05, 4.69) is 41.8 Å². The standard InChI is InChI=1S/C23H27N3OS/c1-13(2)26-17-5-6-18(26)12-25(11-17)16-7-8-19-21(10-16)28-23-15(4)22(27)14(3)9-20(23)24-19/h7-10,13,17-18H,5-6,11-12H2,1-4H3. The highest BCUT2D eigenvalue weighted by atomic mass is 32.1. The SMILES string of the molecule is Cc1cc2nc3ccc(N4CC5CCC(C4)N5C(C)C)cc3sc-2c(C)c1=O. The van der Waals surface area contributed by atoms with Crippen LogP contribution in [0.2, 0.25) is 0 Å². The number of hydrogen-bond acceptors (Lipinski definition) is 5. The first kappa shape index (κ1) is 18.1. The maximum Gasteiger partial charge on any atom is 0.185 e. The highest BCUT2D eigenvalue weighted by Gasteiger charge is 2.41. The second-order valence-corrected chi connectivity index (χ2v) is 9.74. The number of piperazine rings is 1. The summed E-state index contributed by atoms with van der Waals surface area (Å²) >= 11 is 1.70. The molecule has 0 spiro atoms. The Kier molecular flexibility index (Phi) is 4.21. The number of fused-ring (bicyclic) bond motifs is 4. The van der Waals surface area contributed by atoms with Crippen LogP contribution in [0.3, 0.4) is 0 Å². The van der Waals surface area contributed by atoms with Gasteiger partial charge in [-0.05, 0) is 70.4 Å². The number of aryl methyl sites for hydroxylation is 1. The van der Waals surface area contributed by atoms with E-state index in [-0.39, 0.29) is 5.43 Å². The molecule has 4 nitrogen and oxygen atoms in total. The Morgan fingerprint density at radius 3 is 2.50 bits per heavy atom. The smallest absolute Gasteiger partial charge is 0.185 e. The number of aromatic nitrogens is 1. The molecule has 0 saturated carbocycles. The summed E-state index contributed by atoms with van der Waals surface area (Å²) in [5.74, 6) is 0. The maximum atomic E-state index is 12.4. The molecule has 28 heavy (non-hydrogen) atoms. The number of anilines is 1. The largest absolute Gasteiger partial charge is 0.368 e. The fourth-order valence-electron chi connectivity index (χ4n) is 5.24. The third-order valence-electron chi connectivity index (χ3n) is 6.52. The normalized spacial score (nSPS) is 22.7. The van der Waals surface area contributed by atoms with Crippen LogP contribution in [0.4, 0.5) is 5.69 Å². The summed E-state index contributed by atoms with van der Waals surface area (Å²) in [4.78, 5) is 23.5. The highest BCUT2D eigenvalue weighted by Crippen LogP contribution is 2.37. The zero-order valence-corrected chi connectivity index (χ0v) is 17.8. The lowest BCUT2D eigenvalue weighted by molar-refractivity contribution is 0.129. The first-order valence-electron chi connectivity index (χ1n) is 10.3. The van der Waals surface area contributed by atoms with Crippen LogP contribution in [-0.2, 0) is 0 Å². The lowest BCUT2D eigenvalue weighted by atomic mass is 10.1. The van der Waals surface area contributed by atoms with Gasteiger partial charge in [0.05, 0.1) is 20.8 Å². The van der Waals surface area contributed by atoms with Gasteiger partial charge in [0.15, 0.2) is 5.43 Å². The topological polar surface area (TPSA) is 36.4 Å². The van der Waals surface area contributed by atoms with Crippen molar-refractivity contribution in [2.24, 2.45) is 0 Å². The zero-order chi connectivity index (χ0) is 19.6. The first-order valence-corrected chi connectivity index (χ1v) is 11.1. The van der Waals surface area contributed by atoms with Crippen LogP contribution >= 0.6 is 11.3 Å². The summed E-state index contributed by atoms with van der Waals surface area (Å²) in [7, 11) is 0. The average Bonchev–Trinajstić information content (AvgIpc) is 2.95. The van der Waals surface area contributed by atoms with Gasteiger partial charge in [-0.3, -0.25) is 9.69 Å². The molecule has 0 aromatic heterocycles. The van der Waals surface area contributed by atoms with Crippen molar-refractivity contribution in [2.75, 3.05) is 18.0 Å². The van der Waals surface area contributed by atoms with Crippen LogP contribution in [0.15, 0.2) is 29.1 Å². The Hall–Kier alpha value is -1.98. The number of rotatable bonds is 2. The minimum atomic E-state index is 0.141. The summed E-state index contributed by atoms with van der Waals surface area (Å²) in [6, 6.07) is 10.5. The monoisotopic (exact) mass is 393 g/mol. The van der Waals surface area contributed by atoms with Gasteiger partial charge in [-0.2, -0.15) is 0 Å². The van der Waals surface area contributed by atoms with Gasteiger partial charge in [0.1, 0.15) is 0 Å². The molecule has 2 bridgehead atoms. The summed E-state index contributed by atoms with van der Waals surface area (Å²) in [6.45, 7) is 10.7. The fraction of sp³-hybridized carbons (Fsp3) is 0.478. The van der Waals surface area contributed by atoms with Gasteiger partial charge in [-0.1, -0.05) is 0 Å². The summed E-state index contributed by atoms with van der Waals surface area (Å²) < 4.78 is 1.16. The molecular formula is C23H27N3OS. The molecule has 2 fully saturated rings. The van der Waals surface area contributed by atoms with Crippen LogP contribution in [-0.4, -0.2) is 41.1 Å². The third-order valence-corrected chi connectivity index (χ3v) is 7.79. The minimum Gasteiger partial charge on any atom is -0.368 e. The molecule has 3 aliphatic heterocycles. The summed E-state index contributed by atoms with van der Waals surface area (Å²) in [5.41, 5.74) is 4.98. The highest BCUT2D eigenvalue weighted by molar-refractivity contribution is 7.21. The second kappa shape index (κ2) is 6.53. The molecule has 0 N–H and O–H groups in total. The molecule has 1 aromatic carbocycles. The van der Waals surface area contributed by atoms with E-state index in [1.54, 1.807) is 11.3 Å². The van der Waals surface area contributed by atoms with Crippen molar-refractivity contribution in [1.82, 2.24) is 9.88 Å². The van der Waals surface area contributed by atoms with E-state index in [4.69, 9.17) is 4.98 Å². The molecule has 146 valence electrons. The molecule has 1 aromatic rings. The molecule has 0 radical (unpaired) electrons. The molecule has 0 amide bonds. The van der Waals surface area contributed by atoms with Crippen molar-refractivity contribution in [1.29, 1.82) is 0 Å². The molecule has 4 aliphatic rings. The van der Waals surface area contributed by atoms with Crippen molar-refractivity contribution in [2.45, 2.75) is 58.7 Å². The van der Waals surface area contributed by atoms with Gasteiger partial charge in [0, 0.05) is 42.5 Å². The van der Waals surface area contributed by atoms with Gasteiger partial charge in [0.2, 0.25) is 0 Å². The Balaban J connectivity index is 1.55. The zero-order valence-electron chi connectivity index (χ0n) is 17.0. The Labute approximate surface area is 170 Å². The minimum absolute atomic E-state index is 0.141. The van der Waals surface area contributed by atoms with Crippen molar-refractivity contribution in [3.05, 3.63) is 45.6 Å². The van der Waals surface area contributed by atoms with Gasteiger partial charge in [-0.15, -0.1) is 11.3 Å². The van der Waals surface area contributed by atoms with E-state index in [1.807, 2.05) is 19.9 Å². The second-order valence-electron chi connectivity index (χ2n) is 8.69.